The van der Waals surface area contributed by atoms with Gasteiger partial charge >= 0.3 is 0 Å². The molecule has 0 aliphatic rings. The van der Waals surface area contributed by atoms with Crippen LogP contribution in [0.1, 0.15) is 37.1 Å². The highest BCUT2D eigenvalue weighted by molar-refractivity contribution is 9.10. The Kier molecular flexibility index (Phi) is 4.94. The molecule has 13 heavy (non-hydrogen) atoms. The fourth-order valence-electron chi connectivity index (χ4n) is 1.25. The van der Waals surface area contributed by atoms with Crippen LogP contribution >= 0.6 is 27.3 Å². The molecular weight excluding hydrogens is 248 g/mol. The van der Waals surface area contributed by atoms with Gasteiger partial charge in [0.25, 0.3) is 0 Å². The third kappa shape index (κ3) is 3.06. The third-order valence-electron chi connectivity index (χ3n) is 2.01. The maximum absolute atomic E-state index is 5.51. The Morgan fingerprint density at radius 3 is 2.92 bits per heavy atom. The van der Waals surface area contributed by atoms with Crippen LogP contribution in [0.2, 0.25) is 0 Å². The van der Waals surface area contributed by atoms with Crippen molar-refractivity contribution in [1.29, 1.82) is 0 Å². The van der Waals surface area contributed by atoms with Gasteiger partial charge in [0, 0.05) is 9.35 Å². The number of halogens is 1. The number of nitrogens with one attached hydrogen (secondary N) is 1. The van der Waals surface area contributed by atoms with Crippen molar-refractivity contribution >= 4 is 27.3 Å². The second-order valence-corrected chi connectivity index (χ2v) is 4.80. The van der Waals surface area contributed by atoms with Crippen molar-refractivity contribution < 1.29 is 0 Å². The van der Waals surface area contributed by atoms with Crippen LogP contribution in [0, 0.1) is 0 Å². The fraction of sp³-hybridized carbons (Fsp3) is 0.556. The van der Waals surface area contributed by atoms with Crippen LogP contribution < -0.4 is 11.3 Å². The first-order valence-corrected chi connectivity index (χ1v) is 6.15. The van der Waals surface area contributed by atoms with Gasteiger partial charge in [-0.1, -0.05) is 19.8 Å². The zero-order valence-electron chi connectivity index (χ0n) is 7.72. The van der Waals surface area contributed by atoms with E-state index in [9.17, 15) is 0 Å². The van der Waals surface area contributed by atoms with Gasteiger partial charge < -0.3 is 0 Å². The number of thiophene rings is 1. The first kappa shape index (κ1) is 11.2. The van der Waals surface area contributed by atoms with Gasteiger partial charge in [-0.05, 0) is 33.8 Å². The minimum Gasteiger partial charge on any atom is -0.271 e. The summed E-state index contributed by atoms with van der Waals surface area (Å²) in [6.45, 7) is 2.19. The largest absolute Gasteiger partial charge is 0.271 e. The fourth-order valence-corrected chi connectivity index (χ4v) is 3.00. The van der Waals surface area contributed by atoms with Gasteiger partial charge in [-0.15, -0.1) is 11.3 Å². The van der Waals surface area contributed by atoms with Gasteiger partial charge in [0.2, 0.25) is 0 Å². The van der Waals surface area contributed by atoms with Gasteiger partial charge in [-0.25, -0.2) is 0 Å². The summed E-state index contributed by atoms with van der Waals surface area (Å²) >= 11 is 5.26. The molecule has 1 heterocycles. The van der Waals surface area contributed by atoms with E-state index in [1.807, 2.05) is 0 Å². The molecule has 0 spiro atoms. The van der Waals surface area contributed by atoms with E-state index in [0.717, 1.165) is 10.9 Å². The summed E-state index contributed by atoms with van der Waals surface area (Å²) in [5.41, 5.74) is 2.86. The van der Waals surface area contributed by atoms with Gasteiger partial charge in [0.1, 0.15) is 0 Å². The maximum Gasteiger partial charge on any atom is 0.0564 e. The van der Waals surface area contributed by atoms with Crippen LogP contribution in [0.15, 0.2) is 15.9 Å². The van der Waals surface area contributed by atoms with Crippen molar-refractivity contribution in [2.75, 3.05) is 0 Å². The number of unbranched alkanes of at least 4 members (excludes halogenated alkanes) is 1. The summed E-state index contributed by atoms with van der Waals surface area (Å²) < 4.78 is 1.16. The van der Waals surface area contributed by atoms with Crippen LogP contribution in [0.25, 0.3) is 0 Å². The van der Waals surface area contributed by atoms with Crippen molar-refractivity contribution in [2.45, 2.75) is 32.2 Å². The number of hydrogen-bond acceptors (Lipinski definition) is 3. The minimum absolute atomic E-state index is 0.300. The molecule has 0 aromatic carbocycles. The molecule has 0 bridgehead atoms. The predicted octanol–water partition coefficient (Wildman–Crippen LogP) is 3.21. The van der Waals surface area contributed by atoms with E-state index in [4.69, 9.17) is 5.84 Å². The Balaban J connectivity index is 2.61. The predicted molar refractivity (Wildman–Crippen MR) is 61.6 cm³/mol. The zero-order chi connectivity index (χ0) is 9.68. The number of hydrazine groups is 1. The van der Waals surface area contributed by atoms with E-state index >= 15 is 0 Å². The van der Waals surface area contributed by atoms with Crippen molar-refractivity contribution in [1.82, 2.24) is 5.43 Å². The van der Waals surface area contributed by atoms with E-state index < -0.39 is 0 Å². The van der Waals surface area contributed by atoms with E-state index in [2.05, 4.69) is 39.7 Å². The second-order valence-electron chi connectivity index (χ2n) is 2.99. The highest BCUT2D eigenvalue weighted by atomic mass is 79.9. The van der Waals surface area contributed by atoms with Gasteiger partial charge in [0.15, 0.2) is 0 Å². The maximum atomic E-state index is 5.51. The van der Waals surface area contributed by atoms with E-state index in [1.54, 1.807) is 11.3 Å². The van der Waals surface area contributed by atoms with Crippen LogP contribution in [0.3, 0.4) is 0 Å². The molecule has 3 N–H and O–H groups in total. The number of hydrogen-bond donors (Lipinski definition) is 2. The van der Waals surface area contributed by atoms with Crippen LogP contribution in [-0.2, 0) is 0 Å². The molecule has 1 aromatic heterocycles. The summed E-state index contributed by atoms with van der Waals surface area (Å²) in [4.78, 5) is 1.30. The smallest absolute Gasteiger partial charge is 0.0564 e. The second kappa shape index (κ2) is 5.75. The highest BCUT2D eigenvalue weighted by Crippen LogP contribution is 2.31. The summed E-state index contributed by atoms with van der Waals surface area (Å²) in [5, 5.41) is 2.08. The zero-order valence-corrected chi connectivity index (χ0v) is 10.1. The Hall–Kier alpha value is 0.100. The topological polar surface area (TPSA) is 38.0 Å². The Morgan fingerprint density at radius 1 is 1.69 bits per heavy atom. The highest BCUT2D eigenvalue weighted by Gasteiger charge is 2.13. The molecule has 1 aromatic rings. The summed E-state index contributed by atoms with van der Waals surface area (Å²) in [6, 6.07) is 2.37. The molecule has 0 aliphatic carbocycles. The molecule has 0 aliphatic heterocycles. The molecule has 1 rings (SSSR count). The first-order chi connectivity index (χ1) is 6.29. The molecule has 0 amide bonds. The summed E-state index contributed by atoms with van der Waals surface area (Å²) in [7, 11) is 0. The van der Waals surface area contributed by atoms with Gasteiger partial charge in [-0.2, -0.15) is 0 Å². The van der Waals surface area contributed by atoms with Crippen LogP contribution in [-0.4, -0.2) is 0 Å². The van der Waals surface area contributed by atoms with E-state index in [1.165, 1.54) is 17.7 Å². The molecule has 0 saturated carbocycles. The lowest BCUT2D eigenvalue weighted by atomic mass is 10.1. The number of nitrogens with two attached hydrogens (primary N) is 1. The molecule has 0 saturated heterocycles. The van der Waals surface area contributed by atoms with Crippen molar-refractivity contribution in [3.05, 3.63) is 20.8 Å². The molecule has 1 atom stereocenters. The van der Waals surface area contributed by atoms with Crippen molar-refractivity contribution in [3.8, 4) is 0 Å². The first-order valence-electron chi connectivity index (χ1n) is 4.48. The summed E-state index contributed by atoms with van der Waals surface area (Å²) in [6.07, 6.45) is 3.52. The minimum atomic E-state index is 0.300. The molecule has 74 valence electrons. The lowest BCUT2D eigenvalue weighted by Crippen LogP contribution is -2.27. The van der Waals surface area contributed by atoms with E-state index in [-0.39, 0.29) is 0 Å². The lowest BCUT2D eigenvalue weighted by molar-refractivity contribution is 0.501. The van der Waals surface area contributed by atoms with Crippen LogP contribution in [0.4, 0.5) is 0 Å². The molecule has 4 heteroatoms. The standard InChI is InChI=1S/C9H15BrN2S/c1-2-3-4-8(12-11)9-7(10)5-6-13-9/h5-6,8,12H,2-4,11H2,1H3. The quantitative estimate of drug-likeness (QED) is 0.632. The third-order valence-corrected chi connectivity index (χ3v) is 3.99. The Morgan fingerprint density at radius 2 is 2.46 bits per heavy atom. The Bertz CT molecular complexity index is 250. The van der Waals surface area contributed by atoms with Crippen molar-refractivity contribution in [2.24, 2.45) is 5.84 Å². The SMILES string of the molecule is CCCCC(NN)c1sccc1Br. The van der Waals surface area contributed by atoms with Crippen molar-refractivity contribution in [3.63, 3.8) is 0 Å². The lowest BCUT2D eigenvalue weighted by Gasteiger charge is -2.14. The number of rotatable bonds is 5. The monoisotopic (exact) mass is 262 g/mol. The summed E-state index contributed by atoms with van der Waals surface area (Å²) in [5.74, 6) is 5.51. The normalized spacial score (nSPS) is 13.2. The van der Waals surface area contributed by atoms with Crippen LogP contribution in [0.5, 0.6) is 0 Å². The molecule has 2 nitrogen and oxygen atoms in total. The average molecular weight is 263 g/mol. The molecular formula is C9H15BrN2S. The molecule has 0 radical (unpaired) electrons. The Labute approximate surface area is 91.6 Å². The average Bonchev–Trinajstić information content (AvgIpc) is 2.54. The van der Waals surface area contributed by atoms with E-state index in [0.29, 0.717) is 6.04 Å². The molecule has 0 fully saturated rings. The molecule has 1 unspecified atom stereocenters. The van der Waals surface area contributed by atoms with Gasteiger partial charge in [0.05, 0.1) is 6.04 Å². The van der Waals surface area contributed by atoms with Gasteiger partial charge in [-0.3, -0.25) is 11.3 Å².